The van der Waals surface area contributed by atoms with E-state index in [0.717, 1.165) is 6.07 Å². The summed E-state index contributed by atoms with van der Waals surface area (Å²) in [5, 5.41) is 10.1. The molecule has 1 heterocycles. The third-order valence-electron chi connectivity index (χ3n) is 3.18. The van der Waals surface area contributed by atoms with Crippen LogP contribution >= 0.6 is 0 Å². The summed E-state index contributed by atoms with van der Waals surface area (Å²) in [7, 11) is -3.22. The Bertz CT molecular complexity index is 583. The molecule has 1 aromatic rings. The van der Waals surface area contributed by atoms with Crippen molar-refractivity contribution in [3.63, 3.8) is 0 Å². The fourth-order valence-electron chi connectivity index (χ4n) is 2.27. The summed E-state index contributed by atoms with van der Waals surface area (Å²) in [6.45, 7) is 0. The summed E-state index contributed by atoms with van der Waals surface area (Å²) in [6, 6.07) is 5.21. The third-order valence-corrected chi connectivity index (χ3v) is 4.97. The van der Waals surface area contributed by atoms with E-state index in [1.165, 1.54) is 18.2 Å². The van der Waals surface area contributed by atoms with Gasteiger partial charge in [-0.3, -0.25) is 0 Å². The lowest BCUT2D eigenvalue weighted by Crippen LogP contribution is -2.20. The van der Waals surface area contributed by atoms with Crippen LogP contribution in [0.25, 0.3) is 0 Å². The normalized spacial score (nSPS) is 23.5. The molecule has 1 aliphatic heterocycles. The molecular formula is C12H13F3O4S. The van der Waals surface area contributed by atoms with Crippen LogP contribution in [0.1, 0.15) is 18.1 Å². The molecule has 0 radical (unpaired) electrons. The molecule has 1 aromatic carbocycles. The summed E-state index contributed by atoms with van der Waals surface area (Å²) < 4.78 is 63.4. The average molecular weight is 310 g/mol. The Morgan fingerprint density at radius 1 is 1.30 bits per heavy atom. The van der Waals surface area contributed by atoms with Crippen molar-refractivity contribution in [2.24, 2.45) is 5.92 Å². The predicted octanol–water partition coefficient (Wildman–Crippen LogP) is 2.05. The first-order valence-corrected chi connectivity index (χ1v) is 7.73. The Labute approximate surface area is 114 Å². The van der Waals surface area contributed by atoms with Crippen molar-refractivity contribution in [3.05, 3.63) is 29.8 Å². The molecular weight excluding hydrogens is 297 g/mol. The van der Waals surface area contributed by atoms with Gasteiger partial charge in [-0.05, 0) is 12.5 Å². The first kappa shape index (κ1) is 15.1. The maximum atomic E-state index is 12.3. The average Bonchev–Trinajstić information content (AvgIpc) is 2.67. The second kappa shape index (κ2) is 5.25. The minimum atomic E-state index is -4.86. The van der Waals surface area contributed by atoms with Crippen LogP contribution in [-0.4, -0.2) is 31.4 Å². The molecule has 0 spiro atoms. The van der Waals surface area contributed by atoms with Gasteiger partial charge in [-0.1, -0.05) is 18.2 Å². The number of halogens is 3. The Balaban J connectivity index is 2.24. The van der Waals surface area contributed by atoms with E-state index in [9.17, 15) is 26.7 Å². The van der Waals surface area contributed by atoms with Gasteiger partial charge < -0.3 is 9.84 Å². The molecule has 1 fully saturated rings. The van der Waals surface area contributed by atoms with Gasteiger partial charge in [0.15, 0.2) is 9.84 Å². The van der Waals surface area contributed by atoms with Gasteiger partial charge in [0.2, 0.25) is 0 Å². The van der Waals surface area contributed by atoms with Crippen molar-refractivity contribution in [1.29, 1.82) is 0 Å². The number of ether oxygens (including phenoxy) is 1. The van der Waals surface area contributed by atoms with E-state index >= 15 is 0 Å². The molecule has 1 aliphatic rings. The van der Waals surface area contributed by atoms with Crippen LogP contribution in [0.3, 0.4) is 0 Å². The van der Waals surface area contributed by atoms with Crippen molar-refractivity contribution in [1.82, 2.24) is 0 Å². The van der Waals surface area contributed by atoms with Crippen LogP contribution in [0.4, 0.5) is 13.2 Å². The molecule has 0 aromatic heterocycles. The zero-order valence-electron chi connectivity index (χ0n) is 10.3. The van der Waals surface area contributed by atoms with Crippen molar-refractivity contribution in [2.45, 2.75) is 18.9 Å². The summed E-state index contributed by atoms with van der Waals surface area (Å²) in [5.41, 5.74) is -0.0491. The lowest BCUT2D eigenvalue weighted by molar-refractivity contribution is -0.275. The minimum absolute atomic E-state index is 0.0491. The highest BCUT2D eigenvalue weighted by Gasteiger charge is 2.37. The van der Waals surface area contributed by atoms with Gasteiger partial charge in [0.05, 0.1) is 17.6 Å². The monoisotopic (exact) mass is 310 g/mol. The van der Waals surface area contributed by atoms with E-state index in [-0.39, 0.29) is 23.5 Å². The van der Waals surface area contributed by atoms with Crippen LogP contribution in [0, 0.1) is 5.92 Å². The van der Waals surface area contributed by atoms with Gasteiger partial charge in [-0.25, -0.2) is 8.42 Å². The number of hydrogen-bond acceptors (Lipinski definition) is 4. The molecule has 1 saturated heterocycles. The first-order valence-electron chi connectivity index (χ1n) is 5.91. The standard InChI is InChI=1S/C12H13F3O4S/c13-12(14,15)19-10-4-2-1-3-9(10)11(16)8-5-6-20(17,18)7-8/h1-4,8,11,16H,5-7H2. The van der Waals surface area contributed by atoms with Crippen molar-refractivity contribution >= 4 is 9.84 Å². The maximum Gasteiger partial charge on any atom is 0.573 e. The Morgan fingerprint density at radius 2 is 1.95 bits per heavy atom. The van der Waals surface area contributed by atoms with Crippen LogP contribution < -0.4 is 4.74 Å². The van der Waals surface area contributed by atoms with E-state index in [1.54, 1.807) is 0 Å². The van der Waals surface area contributed by atoms with E-state index in [1.807, 2.05) is 0 Å². The van der Waals surface area contributed by atoms with Crippen LogP contribution in [0.5, 0.6) is 5.75 Å². The zero-order valence-corrected chi connectivity index (χ0v) is 11.1. The largest absolute Gasteiger partial charge is 0.573 e. The van der Waals surface area contributed by atoms with Gasteiger partial charge >= 0.3 is 6.36 Å². The number of sulfone groups is 1. The summed E-state index contributed by atoms with van der Waals surface area (Å²) in [6.07, 6.45) is -5.94. The van der Waals surface area contributed by atoms with E-state index < -0.39 is 34.0 Å². The highest BCUT2D eigenvalue weighted by atomic mass is 32.2. The highest BCUT2D eigenvalue weighted by molar-refractivity contribution is 7.91. The Kier molecular flexibility index (Phi) is 3.97. The van der Waals surface area contributed by atoms with E-state index in [2.05, 4.69) is 4.74 Å². The van der Waals surface area contributed by atoms with E-state index in [0.29, 0.717) is 0 Å². The topological polar surface area (TPSA) is 63.6 Å². The molecule has 4 nitrogen and oxygen atoms in total. The first-order chi connectivity index (χ1) is 9.18. The van der Waals surface area contributed by atoms with Gasteiger partial charge in [0.25, 0.3) is 0 Å². The number of benzene rings is 1. The second-order valence-corrected chi connectivity index (χ2v) is 6.92. The number of para-hydroxylation sites is 1. The molecule has 0 amide bonds. The van der Waals surface area contributed by atoms with Gasteiger partial charge in [0.1, 0.15) is 5.75 Å². The molecule has 112 valence electrons. The highest BCUT2D eigenvalue weighted by Crippen LogP contribution is 2.37. The lowest BCUT2D eigenvalue weighted by Gasteiger charge is -2.20. The minimum Gasteiger partial charge on any atom is -0.405 e. The summed E-state index contributed by atoms with van der Waals surface area (Å²) in [5.74, 6) is -1.40. The molecule has 20 heavy (non-hydrogen) atoms. The molecule has 0 aliphatic carbocycles. The quantitative estimate of drug-likeness (QED) is 0.928. The van der Waals surface area contributed by atoms with Crippen molar-refractivity contribution < 1.29 is 31.4 Å². The van der Waals surface area contributed by atoms with Crippen LogP contribution in [-0.2, 0) is 9.84 Å². The molecule has 1 N–H and O–H groups in total. The summed E-state index contributed by atoms with van der Waals surface area (Å²) in [4.78, 5) is 0. The number of hydrogen-bond donors (Lipinski definition) is 1. The fraction of sp³-hybridized carbons (Fsp3) is 0.500. The predicted molar refractivity (Wildman–Crippen MR) is 64.8 cm³/mol. The molecule has 0 saturated carbocycles. The lowest BCUT2D eigenvalue weighted by atomic mass is 9.95. The smallest absolute Gasteiger partial charge is 0.405 e. The van der Waals surface area contributed by atoms with E-state index in [4.69, 9.17) is 0 Å². The SMILES string of the molecule is O=S1(=O)CCC(C(O)c2ccccc2OC(F)(F)F)C1. The van der Waals surface area contributed by atoms with Gasteiger partial charge in [-0.15, -0.1) is 13.2 Å². The van der Waals surface area contributed by atoms with Gasteiger partial charge in [0, 0.05) is 11.5 Å². The Morgan fingerprint density at radius 3 is 2.50 bits per heavy atom. The number of aliphatic hydroxyl groups excluding tert-OH is 1. The van der Waals surface area contributed by atoms with Crippen molar-refractivity contribution in [3.8, 4) is 5.75 Å². The molecule has 0 bridgehead atoms. The zero-order chi connectivity index (χ0) is 15.0. The molecule has 2 rings (SSSR count). The Hall–Kier alpha value is -1.28. The molecule has 8 heteroatoms. The fourth-order valence-corrected chi connectivity index (χ4v) is 4.10. The molecule has 2 atom stereocenters. The van der Waals surface area contributed by atoms with Crippen LogP contribution in [0.2, 0.25) is 0 Å². The van der Waals surface area contributed by atoms with Crippen LogP contribution in [0.15, 0.2) is 24.3 Å². The maximum absolute atomic E-state index is 12.3. The third kappa shape index (κ3) is 3.63. The molecule has 2 unspecified atom stereocenters. The second-order valence-electron chi connectivity index (χ2n) is 4.69. The number of alkyl halides is 3. The summed E-state index contributed by atoms with van der Waals surface area (Å²) >= 11 is 0. The number of aliphatic hydroxyl groups is 1. The number of rotatable bonds is 3. The van der Waals surface area contributed by atoms with Gasteiger partial charge in [-0.2, -0.15) is 0 Å². The van der Waals surface area contributed by atoms with Crippen molar-refractivity contribution in [2.75, 3.05) is 11.5 Å².